The molecule has 1 aliphatic rings. The molecule has 1 unspecified atom stereocenters. The van der Waals surface area contributed by atoms with Crippen LogP contribution in [0.15, 0.2) is 55.1 Å². The first-order valence-electron chi connectivity index (χ1n) is 8.86. The minimum atomic E-state index is -0.278. The summed E-state index contributed by atoms with van der Waals surface area (Å²) >= 11 is 0. The van der Waals surface area contributed by atoms with Crippen LogP contribution in [0.5, 0.6) is 0 Å². The average Bonchev–Trinajstić information content (AvgIpc) is 3.23. The first-order valence-corrected chi connectivity index (χ1v) is 8.86. The Balaban J connectivity index is 1.63. The molecular weight excluding hydrogens is 345 g/mol. The molecular formula is C20H20FN5O. The second kappa shape index (κ2) is 7.28. The molecule has 7 heteroatoms. The molecule has 6 nitrogen and oxygen atoms in total. The van der Waals surface area contributed by atoms with Crippen molar-refractivity contribution in [2.45, 2.75) is 13.0 Å². The van der Waals surface area contributed by atoms with Crippen LogP contribution in [0.4, 0.5) is 4.39 Å². The minimum Gasteiger partial charge on any atom is -0.329 e. The summed E-state index contributed by atoms with van der Waals surface area (Å²) < 4.78 is 14.9. The molecule has 2 aromatic carbocycles. The summed E-state index contributed by atoms with van der Waals surface area (Å²) in [6, 6.07) is 11.9. The SMILES string of the molecule is Cc1cc(-n2cncn2)ccc1C(=O)N1CCNCC1c1ccc(F)cc1. The van der Waals surface area contributed by atoms with Crippen molar-refractivity contribution < 1.29 is 9.18 Å². The molecule has 2 heterocycles. The lowest BCUT2D eigenvalue weighted by Gasteiger charge is -2.37. The van der Waals surface area contributed by atoms with E-state index in [-0.39, 0.29) is 17.8 Å². The number of benzene rings is 2. The number of piperazine rings is 1. The van der Waals surface area contributed by atoms with Crippen molar-refractivity contribution in [2.24, 2.45) is 0 Å². The monoisotopic (exact) mass is 365 g/mol. The maximum Gasteiger partial charge on any atom is 0.254 e. The highest BCUT2D eigenvalue weighted by Crippen LogP contribution is 2.26. The van der Waals surface area contributed by atoms with Crippen molar-refractivity contribution in [3.8, 4) is 5.69 Å². The number of hydrogen-bond acceptors (Lipinski definition) is 4. The molecule has 1 aliphatic heterocycles. The first kappa shape index (κ1) is 17.4. The zero-order chi connectivity index (χ0) is 18.8. The molecule has 1 N–H and O–H groups in total. The van der Waals surface area contributed by atoms with E-state index in [1.165, 1.54) is 18.5 Å². The highest BCUT2D eigenvalue weighted by atomic mass is 19.1. The predicted octanol–water partition coefficient (Wildman–Crippen LogP) is 2.50. The summed E-state index contributed by atoms with van der Waals surface area (Å²) in [5.41, 5.74) is 3.32. The molecule has 0 aliphatic carbocycles. The van der Waals surface area contributed by atoms with Crippen molar-refractivity contribution in [1.82, 2.24) is 25.0 Å². The van der Waals surface area contributed by atoms with Crippen molar-refractivity contribution >= 4 is 5.91 Å². The van der Waals surface area contributed by atoms with Gasteiger partial charge in [0, 0.05) is 25.2 Å². The van der Waals surface area contributed by atoms with Gasteiger partial charge in [0.25, 0.3) is 5.91 Å². The molecule has 27 heavy (non-hydrogen) atoms. The molecule has 0 radical (unpaired) electrons. The van der Waals surface area contributed by atoms with Gasteiger partial charge in [0.05, 0.1) is 11.7 Å². The maximum atomic E-state index is 13.3. The van der Waals surface area contributed by atoms with Crippen molar-refractivity contribution in [3.05, 3.63) is 77.6 Å². The lowest BCUT2D eigenvalue weighted by molar-refractivity contribution is 0.0633. The van der Waals surface area contributed by atoms with Gasteiger partial charge in [0.2, 0.25) is 0 Å². The number of nitrogens with one attached hydrogen (secondary N) is 1. The number of aromatic nitrogens is 3. The number of aryl methyl sites for hydroxylation is 1. The molecule has 1 atom stereocenters. The van der Waals surface area contributed by atoms with Crippen molar-refractivity contribution in [1.29, 1.82) is 0 Å². The number of carbonyl (C=O) groups is 1. The molecule has 1 fully saturated rings. The van der Waals surface area contributed by atoms with Crippen LogP contribution in [-0.4, -0.2) is 45.2 Å². The molecule has 138 valence electrons. The summed E-state index contributed by atoms with van der Waals surface area (Å²) in [5.74, 6) is -0.298. The Morgan fingerprint density at radius 1 is 1.22 bits per heavy atom. The number of amides is 1. The van der Waals surface area contributed by atoms with E-state index in [0.717, 1.165) is 23.4 Å². The Labute approximate surface area is 156 Å². The number of rotatable bonds is 3. The van der Waals surface area contributed by atoms with E-state index in [1.54, 1.807) is 23.1 Å². The molecule has 0 bridgehead atoms. The fourth-order valence-electron chi connectivity index (χ4n) is 3.46. The number of nitrogens with zero attached hydrogens (tertiary/aromatic N) is 4. The highest BCUT2D eigenvalue weighted by Gasteiger charge is 2.29. The second-order valence-electron chi connectivity index (χ2n) is 6.61. The van der Waals surface area contributed by atoms with E-state index in [0.29, 0.717) is 18.7 Å². The zero-order valence-corrected chi connectivity index (χ0v) is 15.0. The van der Waals surface area contributed by atoms with Gasteiger partial charge in [-0.05, 0) is 48.4 Å². The fourth-order valence-corrected chi connectivity index (χ4v) is 3.46. The molecule has 1 saturated heterocycles. The van der Waals surface area contributed by atoms with E-state index in [4.69, 9.17) is 0 Å². The Kier molecular flexibility index (Phi) is 4.68. The van der Waals surface area contributed by atoms with E-state index < -0.39 is 0 Å². The van der Waals surface area contributed by atoms with Crippen LogP contribution in [0.25, 0.3) is 5.69 Å². The second-order valence-corrected chi connectivity index (χ2v) is 6.61. The third-order valence-electron chi connectivity index (χ3n) is 4.88. The summed E-state index contributed by atoms with van der Waals surface area (Å²) in [4.78, 5) is 19.1. The van der Waals surface area contributed by atoms with Gasteiger partial charge in [-0.15, -0.1) is 0 Å². The normalized spacial score (nSPS) is 17.1. The van der Waals surface area contributed by atoms with Gasteiger partial charge >= 0.3 is 0 Å². The van der Waals surface area contributed by atoms with Crippen LogP contribution in [0.1, 0.15) is 27.5 Å². The Hall–Kier alpha value is -3.06. The van der Waals surface area contributed by atoms with Gasteiger partial charge in [-0.25, -0.2) is 14.1 Å². The Morgan fingerprint density at radius 3 is 2.74 bits per heavy atom. The van der Waals surface area contributed by atoms with Crippen LogP contribution in [-0.2, 0) is 0 Å². The minimum absolute atomic E-state index is 0.0199. The number of halogens is 1. The highest BCUT2D eigenvalue weighted by molar-refractivity contribution is 5.96. The van der Waals surface area contributed by atoms with Crippen molar-refractivity contribution in [2.75, 3.05) is 19.6 Å². The Bertz CT molecular complexity index is 940. The molecule has 1 amide bonds. The predicted molar refractivity (Wildman–Crippen MR) is 99.1 cm³/mol. The van der Waals surface area contributed by atoms with Crippen LogP contribution < -0.4 is 5.32 Å². The van der Waals surface area contributed by atoms with Crippen LogP contribution >= 0.6 is 0 Å². The summed E-state index contributed by atoms with van der Waals surface area (Å²) in [6.45, 7) is 3.90. The number of carbonyl (C=O) groups excluding carboxylic acids is 1. The van der Waals surface area contributed by atoms with Crippen LogP contribution in [0.2, 0.25) is 0 Å². The lowest BCUT2D eigenvalue weighted by atomic mass is 10.00. The van der Waals surface area contributed by atoms with E-state index in [1.807, 2.05) is 30.0 Å². The third-order valence-corrected chi connectivity index (χ3v) is 4.88. The number of hydrogen-bond donors (Lipinski definition) is 1. The molecule has 0 saturated carbocycles. The largest absolute Gasteiger partial charge is 0.329 e. The van der Waals surface area contributed by atoms with Gasteiger partial charge in [0.15, 0.2) is 0 Å². The maximum absolute atomic E-state index is 13.3. The van der Waals surface area contributed by atoms with E-state index in [2.05, 4.69) is 15.4 Å². The van der Waals surface area contributed by atoms with Gasteiger partial charge in [-0.1, -0.05) is 12.1 Å². The third kappa shape index (κ3) is 3.46. The Morgan fingerprint density at radius 2 is 2.04 bits per heavy atom. The molecule has 0 spiro atoms. The fraction of sp³-hybridized carbons (Fsp3) is 0.250. The van der Waals surface area contributed by atoms with Gasteiger partial charge in [-0.3, -0.25) is 4.79 Å². The zero-order valence-electron chi connectivity index (χ0n) is 15.0. The van der Waals surface area contributed by atoms with Gasteiger partial charge in [-0.2, -0.15) is 5.10 Å². The smallest absolute Gasteiger partial charge is 0.254 e. The lowest BCUT2D eigenvalue weighted by Crippen LogP contribution is -2.48. The molecule has 4 rings (SSSR count). The topological polar surface area (TPSA) is 63.1 Å². The summed E-state index contributed by atoms with van der Waals surface area (Å²) in [6.07, 6.45) is 3.10. The van der Waals surface area contributed by atoms with Crippen LogP contribution in [0.3, 0.4) is 0 Å². The summed E-state index contributed by atoms with van der Waals surface area (Å²) in [7, 11) is 0. The van der Waals surface area contributed by atoms with Gasteiger partial charge in [0.1, 0.15) is 18.5 Å². The van der Waals surface area contributed by atoms with Gasteiger partial charge < -0.3 is 10.2 Å². The van der Waals surface area contributed by atoms with E-state index >= 15 is 0 Å². The first-order chi connectivity index (χ1) is 13.1. The standard InChI is InChI=1S/C20H20FN5O/c1-14-10-17(26-13-23-12-24-26)6-7-18(14)20(27)25-9-8-22-11-19(25)15-2-4-16(21)5-3-15/h2-7,10,12-13,19,22H,8-9,11H2,1H3. The average molecular weight is 365 g/mol. The molecule has 3 aromatic rings. The van der Waals surface area contributed by atoms with Crippen LogP contribution in [0, 0.1) is 12.7 Å². The van der Waals surface area contributed by atoms with Crippen molar-refractivity contribution in [3.63, 3.8) is 0 Å². The molecule has 1 aromatic heterocycles. The summed E-state index contributed by atoms with van der Waals surface area (Å²) in [5, 5.41) is 7.44. The quantitative estimate of drug-likeness (QED) is 0.775. The van der Waals surface area contributed by atoms with E-state index in [9.17, 15) is 9.18 Å².